The number of ether oxygens (including phenoxy) is 1. The smallest absolute Gasteiger partial charge is 0.0641 e. The maximum absolute atomic E-state index is 5.85. The highest BCUT2D eigenvalue weighted by Crippen LogP contribution is 2.23. The van der Waals surface area contributed by atoms with Gasteiger partial charge >= 0.3 is 0 Å². The van der Waals surface area contributed by atoms with Crippen molar-refractivity contribution in [2.45, 2.75) is 26.4 Å². The third-order valence-electron chi connectivity index (χ3n) is 4.79. The number of aryl methyl sites for hydroxylation is 2. The minimum atomic E-state index is 0.506. The molecule has 1 aromatic heterocycles. The first-order valence-electron chi connectivity index (χ1n) is 7.54. The third kappa shape index (κ3) is 2.62. The predicted octanol–water partition coefficient (Wildman–Crippen LogP) is 0.799. The van der Waals surface area contributed by atoms with E-state index in [0.29, 0.717) is 12.0 Å². The molecule has 0 aliphatic carbocycles. The first-order chi connectivity index (χ1) is 9.54. The lowest BCUT2D eigenvalue weighted by atomic mass is 10.1. The van der Waals surface area contributed by atoms with E-state index in [9.17, 15) is 0 Å². The zero-order valence-corrected chi connectivity index (χ0v) is 13.1. The summed E-state index contributed by atoms with van der Waals surface area (Å²) in [5.41, 5.74) is 3.84. The van der Waals surface area contributed by atoms with Crippen molar-refractivity contribution in [2.75, 3.05) is 39.9 Å². The van der Waals surface area contributed by atoms with Crippen LogP contribution >= 0.6 is 0 Å². The molecule has 5 heteroatoms. The summed E-state index contributed by atoms with van der Waals surface area (Å²) in [6.45, 7) is 10.5. The van der Waals surface area contributed by atoms with Crippen LogP contribution < -0.4 is 0 Å². The van der Waals surface area contributed by atoms with Crippen LogP contribution in [0.15, 0.2) is 0 Å². The van der Waals surface area contributed by atoms with Gasteiger partial charge in [0.05, 0.1) is 18.9 Å². The molecule has 20 heavy (non-hydrogen) atoms. The molecule has 2 atom stereocenters. The van der Waals surface area contributed by atoms with E-state index in [1.54, 1.807) is 0 Å². The average Bonchev–Trinajstić information content (AvgIpc) is 2.56. The van der Waals surface area contributed by atoms with Crippen LogP contribution in [0.25, 0.3) is 0 Å². The molecule has 3 heterocycles. The van der Waals surface area contributed by atoms with E-state index in [1.807, 2.05) is 11.7 Å². The Bertz CT molecular complexity index is 484. The monoisotopic (exact) mass is 278 g/mol. The Morgan fingerprint density at radius 3 is 2.65 bits per heavy atom. The van der Waals surface area contributed by atoms with E-state index in [4.69, 9.17) is 4.74 Å². The van der Waals surface area contributed by atoms with Crippen molar-refractivity contribution in [2.24, 2.45) is 13.0 Å². The summed E-state index contributed by atoms with van der Waals surface area (Å²) in [4.78, 5) is 5.07. The highest BCUT2D eigenvalue weighted by atomic mass is 16.5. The van der Waals surface area contributed by atoms with E-state index >= 15 is 0 Å². The molecule has 0 saturated carbocycles. The van der Waals surface area contributed by atoms with Gasteiger partial charge in [0, 0.05) is 56.4 Å². The van der Waals surface area contributed by atoms with E-state index in [-0.39, 0.29) is 0 Å². The van der Waals surface area contributed by atoms with E-state index < -0.39 is 0 Å². The van der Waals surface area contributed by atoms with Crippen LogP contribution in [0, 0.1) is 19.8 Å². The first kappa shape index (κ1) is 14.0. The molecule has 2 aliphatic heterocycles. The Morgan fingerprint density at radius 2 is 1.95 bits per heavy atom. The Kier molecular flexibility index (Phi) is 3.84. The fourth-order valence-corrected chi connectivity index (χ4v) is 3.61. The predicted molar refractivity (Wildman–Crippen MR) is 78.7 cm³/mol. The molecule has 5 nitrogen and oxygen atoms in total. The summed E-state index contributed by atoms with van der Waals surface area (Å²) in [5.74, 6) is 0.629. The van der Waals surface area contributed by atoms with E-state index in [2.05, 4.69) is 35.8 Å². The van der Waals surface area contributed by atoms with Gasteiger partial charge in [0.15, 0.2) is 0 Å². The molecular weight excluding hydrogens is 252 g/mol. The highest BCUT2D eigenvalue weighted by molar-refractivity contribution is 5.24. The van der Waals surface area contributed by atoms with Crippen LogP contribution in [0.2, 0.25) is 0 Å². The van der Waals surface area contributed by atoms with Crippen molar-refractivity contribution in [3.05, 3.63) is 17.0 Å². The first-order valence-corrected chi connectivity index (χ1v) is 7.54. The highest BCUT2D eigenvalue weighted by Gasteiger charge is 2.32. The lowest BCUT2D eigenvalue weighted by molar-refractivity contribution is 0.0561. The third-order valence-corrected chi connectivity index (χ3v) is 4.79. The maximum Gasteiger partial charge on any atom is 0.0641 e. The summed E-state index contributed by atoms with van der Waals surface area (Å²) in [7, 11) is 4.26. The minimum Gasteiger partial charge on any atom is -0.379 e. The van der Waals surface area contributed by atoms with Crippen LogP contribution in [0.5, 0.6) is 0 Å². The van der Waals surface area contributed by atoms with Gasteiger partial charge in [-0.2, -0.15) is 5.10 Å². The topological polar surface area (TPSA) is 33.5 Å². The van der Waals surface area contributed by atoms with Gasteiger partial charge < -0.3 is 9.64 Å². The fourth-order valence-electron chi connectivity index (χ4n) is 3.61. The number of hydrogen-bond acceptors (Lipinski definition) is 4. The molecule has 2 aliphatic rings. The molecule has 2 fully saturated rings. The molecule has 0 aromatic carbocycles. The van der Waals surface area contributed by atoms with Crippen LogP contribution in [0.3, 0.4) is 0 Å². The molecule has 2 bridgehead atoms. The number of fused-ring (bicyclic) bond motifs is 3. The maximum atomic E-state index is 5.85. The summed E-state index contributed by atoms with van der Waals surface area (Å²) in [6, 6.07) is 0.506. The average molecular weight is 278 g/mol. The number of hydrogen-bond donors (Lipinski definition) is 0. The van der Waals surface area contributed by atoms with Crippen LogP contribution in [0.4, 0.5) is 0 Å². The second-order valence-electron chi connectivity index (χ2n) is 6.48. The molecule has 0 unspecified atom stereocenters. The summed E-state index contributed by atoms with van der Waals surface area (Å²) < 4.78 is 7.85. The number of likely N-dealkylation sites (N-methyl/N-ethyl adjacent to an activating group) is 1. The summed E-state index contributed by atoms with van der Waals surface area (Å²) in [6.07, 6.45) is 0. The van der Waals surface area contributed by atoms with Crippen molar-refractivity contribution in [3.8, 4) is 0 Å². The molecule has 3 rings (SSSR count). The molecule has 2 saturated heterocycles. The Labute approximate surface area is 121 Å². The molecule has 0 N–H and O–H groups in total. The van der Waals surface area contributed by atoms with Crippen molar-refractivity contribution in [3.63, 3.8) is 0 Å². The molecule has 0 spiro atoms. The van der Waals surface area contributed by atoms with Crippen molar-refractivity contribution in [1.82, 2.24) is 19.6 Å². The van der Waals surface area contributed by atoms with Gasteiger partial charge in [-0.15, -0.1) is 0 Å². The van der Waals surface area contributed by atoms with Gasteiger partial charge in [-0.05, 0) is 20.9 Å². The number of rotatable bonds is 2. The van der Waals surface area contributed by atoms with Gasteiger partial charge in [0.2, 0.25) is 0 Å². The zero-order chi connectivity index (χ0) is 14.3. The van der Waals surface area contributed by atoms with Gasteiger partial charge in [-0.1, -0.05) is 0 Å². The Hall–Kier alpha value is -0.910. The Balaban J connectivity index is 1.82. The molecule has 0 amide bonds. The summed E-state index contributed by atoms with van der Waals surface area (Å²) >= 11 is 0. The number of nitrogens with zero attached hydrogens (tertiary/aromatic N) is 4. The Morgan fingerprint density at radius 1 is 1.15 bits per heavy atom. The van der Waals surface area contributed by atoms with Crippen molar-refractivity contribution in [1.29, 1.82) is 0 Å². The second kappa shape index (κ2) is 5.47. The van der Waals surface area contributed by atoms with E-state index in [1.165, 1.54) is 11.3 Å². The molecule has 0 radical (unpaired) electrons. The van der Waals surface area contributed by atoms with Crippen LogP contribution in [-0.4, -0.2) is 65.5 Å². The largest absolute Gasteiger partial charge is 0.379 e. The van der Waals surface area contributed by atoms with Gasteiger partial charge in [-0.25, -0.2) is 0 Å². The van der Waals surface area contributed by atoms with Gasteiger partial charge in [0.25, 0.3) is 0 Å². The van der Waals surface area contributed by atoms with E-state index in [0.717, 1.165) is 45.1 Å². The standard InChI is InChI=1S/C15H26N4O/c1-11-15(12(2)18(4)16-11)8-19-6-13-5-17(3)7-14(19)10-20-9-13/h13-14H,5-10H2,1-4H3/t13-,14-/m0/s1. The lowest BCUT2D eigenvalue weighted by Crippen LogP contribution is -2.42. The molecular formula is C15H26N4O. The normalized spacial score (nSPS) is 28.6. The SMILES string of the molecule is Cc1nn(C)c(C)c1CN1C[C@H]2COC[C@@H]1CN(C)C2. The fraction of sp³-hybridized carbons (Fsp3) is 0.800. The van der Waals surface area contributed by atoms with Crippen molar-refractivity contribution < 1.29 is 4.74 Å². The zero-order valence-electron chi connectivity index (χ0n) is 13.1. The van der Waals surface area contributed by atoms with Crippen LogP contribution in [-0.2, 0) is 18.3 Å². The number of aromatic nitrogens is 2. The quantitative estimate of drug-likeness (QED) is 0.801. The molecule has 1 aromatic rings. The lowest BCUT2D eigenvalue weighted by Gasteiger charge is -2.29. The van der Waals surface area contributed by atoms with Crippen LogP contribution in [0.1, 0.15) is 17.0 Å². The molecule has 112 valence electrons. The minimum absolute atomic E-state index is 0.506. The second-order valence-corrected chi connectivity index (χ2v) is 6.48. The van der Waals surface area contributed by atoms with Crippen molar-refractivity contribution >= 4 is 0 Å². The summed E-state index contributed by atoms with van der Waals surface area (Å²) in [5, 5.41) is 4.55. The van der Waals surface area contributed by atoms with Gasteiger partial charge in [-0.3, -0.25) is 9.58 Å². The van der Waals surface area contributed by atoms with Gasteiger partial charge in [0.1, 0.15) is 0 Å².